The number of hydrogen-bond donors (Lipinski definition) is 1. The summed E-state index contributed by atoms with van der Waals surface area (Å²) in [6, 6.07) is 22.2. The summed E-state index contributed by atoms with van der Waals surface area (Å²) in [5.74, 6) is 1.76. The van der Waals surface area contributed by atoms with Gasteiger partial charge in [-0.05, 0) is 41.8 Å². The molecule has 4 aromatic rings. The number of aromatic nitrogens is 3. The highest BCUT2D eigenvalue weighted by Crippen LogP contribution is 2.28. The minimum absolute atomic E-state index is 0.0426. The van der Waals surface area contributed by atoms with Crippen LogP contribution in [0.25, 0.3) is 10.8 Å². The van der Waals surface area contributed by atoms with Crippen LogP contribution in [0.5, 0.6) is 5.75 Å². The van der Waals surface area contributed by atoms with E-state index in [0.717, 1.165) is 16.9 Å². The summed E-state index contributed by atoms with van der Waals surface area (Å²) in [7, 11) is 1.89. The van der Waals surface area contributed by atoms with Gasteiger partial charge in [-0.15, -0.1) is 10.2 Å². The van der Waals surface area contributed by atoms with Crippen molar-refractivity contribution in [3.8, 4) is 5.75 Å². The number of carbonyl (C=O) groups is 1. The smallest absolute Gasteiger partial charge is 0.230 e. The quantitative estimate of drug-likeness (QED) is 0.393. The molecule has 164 valence electrons. The highest BCUT2D eigenvalue weighted by molar-refractivity contribution is 7.99. The molecule has 4 rings (SSSR count). The Morgan fingerprint density at radius 2 is 1.81 bits per heavy atom. The van der Waals surface area contributed by atoms with E-state index in [1.165, 1.54) is 22.5 Å². The number of ether oxygens (including phenoxy) is 1. The first kappa shape index (κ1) is 21.9. The first-order valence-electron chi connectivity index (χ1n) is 10.5. The maximum atomic E-state index is 12.4. The van der Waals surface area contributed by atoms with E-state index < -0.39 is 0 Å². The molecule has 0 aliphatic heterocycles. The van der Waals surface area contributed by atoms with Crippen molar-refractivity contribution in [2.75, 3.05) is 5.75 Å². The Bertz CT molecular complexity index is 1220. The lowest BCUT2D eigenvalue weighted by Gasteiger charge is -2.14. The number of amides is 1. The van der Waals surface area contributed by atoms with Crippen molar-refractivity contribution in [2.24, 2.45) is 7.05 Å². The van der Waals surface area contributed by atoms with Crippen molar-refractivity contribution in [2.45, 2.75) is 31.7 Å². The largest absolute Gasteiger partial charge is 0.485 e. The summed E-state index contributed by atoms with van der Waals surface area (Å²) in [6.07, 6.45) is 0. The van der Waals surface area contributed by atoms with Crippen LogP contribution in [-0.2, 0) is 18.4 Å². The van der Waals surface area contributed by atoms with Gasteiger partial charge in [-0.3, -0.25) is 4.79 Å². The fourth-order valence-corrected chi connectivity index (χ4v) is 4.28. The predicted octanol–water partition coefficient (Wildman–Crippen LogP) is 4.83. The number of hydrogen-bond acceptors (Lipinski definition) is 5. The van der Waals surface area contributed by atoms with Gasteiger partial charge in [0.15, 0.2) is 11.0 Å². The Labute approximate surface area is 192 Å². The molecule has 0 radical (unpaired) electrons. The van der Waals surface area contributed by atoms with Crippen molar-refractivity contribution < 1.29 is 9.53 Å². The van der Waals surface area contributed by atoms with E-state index in [2.05, 4.69) is 40.6 Å². The number of nitrogens with one attached hydrogen (secondary N) is 1. The van der Waals surface area contributed by atoms with E-state index in [9.17, 15) is 4.79 Å². The number of carbonyl (C=O) groups excluding carboxylic acids is 1. The van der Waals surface area contributed by atoms with Crippen LogP contribution in [0.15, 0.2) is 71.9 Å². The number of thioether (sulfide) groups is 1. The molecule has 0 spiro atoms. The third kappa shape index (κ3) is 4.94. The first-order valence-corrected chi connectivity index (χ1v) is 11.5. The zero-order valence-electron chi connectivity index (χ0n) is 18.4. The molecule has 0 saturated heterocycles. The number of nitrogens with zero attached hydrogens (tertiary/aromatic N) is 3. The Hall–Kier alpha value is -3.32. The van der Waals surface area contributed by atoms with Crippen molar-refractivity contribution in [1.29, 1.82) is 0 Å². The molecule has 1 aromatic heterocycles. The minimum atomic E-state index is -0.0436. The van der Waals surface area contributed by atoms with Crippen LogP contribution >= 0.6 is 11.8 Å². The molecule has 6 nitrogen and oxygen atoms in total. The molecule has 1 heterocycles. The summed E-state index contributed by atoms with van der Waals surface area (Å²) < 4.78 is 7.91. The molecule has 1 amide bonds. The molecule has 7 heteroatoms. The normalized spacial score (nSPS) is 12.0. The predicted molar refractivity (Wildman–Crippen MR) is 128 cm³/mol. The van der Waals surface area contributed by atoms with Gasteiger partial charge in [-0.25, -0.2) is 0 Å². The van der Waals surface area contributed by atoms with E-state index in [4.69, 9.17) is 4.74 Å². The molecule has 0 saturated carbocycles. The summed E-state index contributed by atoms with van der Waals surface area (Å²) in [4.78, 5) is 12.4. The topological polar surface area (TPSA) is 69.0 Å². The van der Waals surface area contributed by atoms with Crippen LogP contribution in [0.4, 0.5) is 0 Å². The van der Waals surface area contributed by atoms with Crippen molar-refractivity contribution >= 4 is 28.4 Å². The molecule has 1 atom stereocenters. The van der Waals surface area contributed by atoms with E-state index in [-0.39, 0.29) is 17.7 Å². The SMILES string of the molecule is Cc1c(OCc2nnc(SCC(=O)N[C@@H](C)c3ccccc3)n2C)ccc2ccccc12. The van der Waals surface area contributed by atoms with Crippen molar-refractivity contribution in [1.82, 2.24) is 20.1 Å². The average Bonchev–Trinajstić information content (AvgIpc) is 3.17. The fraction of sp³-hybridized carbons (Fsp3) is 0.240. The van der Waals surface area contributed by atoms with Gasteiger partial charge in [0.25, 0.3) is 0 Å². The zero-order valence-corrected chi connectivity index (χ0v) is 19.2. The molecule has 1 N–H and O–H groups in total. The second-order valence-corrected chi connectivity index (χ2v) is 8.59. The van der Waals surface area contributed by atoms with Crippen LogP contribution in [0.2, 0.25) is 0 Å². The van der Waals surface area contributed by atoms with Gasteiger partial charge in [0.2, 0.25) is 5.91 Å². The third-order valence-electron chi connectivity index (χ3n) is 5.44. The average molecular weight is 447 g/mol. The standard InChI is InChI=1S/C25H26N4O2S/c1-17-21-12-8-7-11-20(21)13-14-22(17)31-15-23-27-28-25(29(23)3)32-16-24(30)26-18(2)19-9-5-4-6-10-19/h4-14,18H,15-16H2,1-3H3,(H,26,30)/t18-/m0/s1. The van der Waals surface area contributed by atoms with Gasteiger partial charge < -0.3 is 14.6 Å². The van der Waals surface area contributed by atoms with E-state index in [1.807, 2.05) is 67.1 Å². The van der Waals surface area contributed by atoms with Crippen LogP contribution in [0, 0.1) is 6.92 Å². The number of benzene rings is 3. The number of rotatable bonds is 8. The molecule has 0 bridgehead atoms. The summed E-state index contributed by atoms with van der Waals surface area (Å²) in [5.41, 5.74) is 2.18. The van der Waals surface area contributed by atoms with Gasteiger partial charge in [0.05, 0.1) is 11.8 Å². The maximum Gasteiger partial charge on any atom is 0.230 e. The number of fused-ring (bicyclic) bond motifs is 1. The zero-order chi connectivity index (χ0) is 22.5. The summed E-state index contributed by atoms with van der Waals surface area (Å²) in [5, 5.41) is 14.5. The fourth-order valence-electron chi connectivity index (χ4n) is 3.54. The lowest BCUT2D eigenvalue weighted by molar-refractivity contribution is -0.119. The molecule has 3 aromatic carbocycles. The van der Waals surface area contributed by atoms with Gasteiger partial charge in [0, 0.05) is 7.05 Å². The molecular weight excluding hydrogens is 420 g/mol. The van der Waals surface area contributed by atoms with Crippen LogP contribution in [-0.4, -0.2) is 26.4 Å². The molecular formula is C25H26N4O2S. The highest BCUT2D eigenvalue weighted by atomic mass is 32.2. The van der Waals surface area contributed by atoms with Gasteiger partial charge in [0.1, 0.15) is 12.4 Å². The molecule has 0 unspecified atom stereocenters. The van der Waals surface area contributed by atoms with E-state index in [1.54, 1.807) is 0 Å². The van der Waals surface area contributed by atoms with Crippen LogP contribution < -0.4 is 10.1 Å². The Balaban J connectivity index is 1.33. The molecule has 0 aliphatic carbocycles. The Morgan fingerprint density at radius 1 is 1.06 bits per heavy atom. The lowest BCUT2D eigenvalue weighted by Crippen LogP contribution is -2.28. The van der Waals surface area contributed by atoms with Crippen LogP contribution in [0.3, 0.4) is 0 Å². The molecule has 0 fully saturated rings. The van der Waals surface area contributed by atoms with Crippen molar-refractivity contribution in [3.05, 3.63) is 83.7 Å². The van der Waals surface area contributed by atoms with E-state index >= 15 is 0 Å². The second kappa shape index (κ2) is 9.87. The van der Waals surface area contributed by atoms with Gasteiger partial charge >= 0.3 is 0 Å². The van der Waals surface area contributed by atoms with Gasteiger partial charge in [-0.2, -0.15) is 0 Å². The van der Waals surface area contributed by atoms with E-state index in [0.29, 0.717) is 17.6 Å². The highest BCUT2D eigenvalue weighted by Gasteiger charge is 2.14. The monoisotopic (exact) mass is 446 g/mol. The number of aryl methyl sites for hydroxylation is 1. The maximum absolute atomic E-state index is 12.4. The Morgan fingerprint density at radius 3 is 2.62 bits per heavy atom. The lowest BCUT2D eigenvalue weighted by atomic mass is 10.0. The molecule has 32 heavy (non-hydrogen) atoms. The van der Waals surface area contributed by atoms with Crippen LogP contribution in [0.1, 0.15) is 29.9 Å². The third-order valence-corrected chi connectivity index (χ3v) is 6.46. The molecule has 0 aliphatic rings. The first-order chi connectivity index (χ1) is 15.5. The van der Waals surface area contributed by atoms with Gasteiger partial charge in [-0.1, -0.05) is 72.4 Å². The Kier molecular flexibility index (Phi) is 6.75. The second-order valence-electron chi connectivity index (χ2n) is 7.64. The van der Waals surface area contributed by atoms with Crippen molar-refractivity contribution in [3.63, 3.8) is 0 Å². The summed E-state index contributed by atoms with van der Waals surface area (Å²) >= 11 is 1.36. The minimum Gasteiger partial charge on any atom is -0.485 e. The summed E-state index contributed by atoms with van der Waals surface area (Å²) in [6.45, 7) is 4.34.